The molecule has 0 saturated carbocycles. The number of halogens is 2. The van der Waals surface area contributed by atoms with Gasteiger partial charge >= 0.3 is 5.97 Å². The van der Waals surface area contributed by atoms with E-state index in [1.165, 1.54) is 35.9 Å². The summed E-state index contributed by atoms with van der Waals surface area (Å²) in [6.07, 6.45) is 0. The molecule has 0 bridgehead atoms. The van der Waals surface area contributed by atoms with E-state index >= 15 is 4.39 Å². The van der Waals surface area contributed by atoms with Crippen molar-refractivity contribution in [3.63, 3.8) is 0 Å². The molecule has 0 radical (unpaired) electrons. The number of carbonyl (C=O) groups is 2. The molecule has 3 rings (SSSR count). The minimum atomic E-state index is -1.12. The number of carboxylic acid groups (broad SMARTS) is 1. The molecular formula is C23H23F2NO4. The Labute approximate surface area is 172 Å². The van der Waals surface area contributed by atoms with Crippen LogP contribution in [0.3, 0.4) is 0 Å². The Hall–Kier alpha value is -3.22. The van der Waals surface area contributed by atoms with Crippen molar-refractivity contribution < 1.29 is 28.2 Å². The van der Waals surface area contributed by atoms with Gasteiger partial charge in [0.2, 0.25) is 0 Å². The third kappa shape index (κ3) is 3.44. The van der Waals surface area contributed by atoms with Crippen molar-refractivity contribution in [2.75, 3.05) is 7.11 Å². The van der Waals surface area contributed by atoms with Crippen molar-refractivity contribution in [2.24, 2.45) is 5.41 Å². The molecule has 158 valence electrons. The molecule has 0 spiro atoms. The molecule has 7 heteroatoms. The smallest absolute Gasteiger partial charge is 0.311 e. The number of methoxy groups -OCH3 is 1. The highest BCUT2D eigenvalue weighted by atomic mass is 19.1. The molecule has 3 aromatic rings. The van der Waals surface area contributed by atoms with E-state index in [-0.39, 0.29) is 27.8 Å². The summed E-state index contributed by atoms with van der Waals surface area (Å²) in [6.45, 7) is 6.82. The number of carbonyl (C=O) groups excluding carboxylic acids is 1. The second-order valence-corrected chi connectivity index (χ2v) is 8.26. The lowest BCUT2D eigenvalue weighted by Crippen LogP contribution is -2.27. The highest BCUT2D eigenvalue weighted by molar-refractivity contribution is 6.05. The van der Waals surface area contributed by atoms with Crippen LogP contribution in [0.4, 0.5) is 8.78 Å². The minimum absolute atomic E-state index is 0.0321. The second-order valence-electron chi connectivity index (χ2n) is 8.26. The van der Waals surface area contributed by atoms with Crippen molar-refractivity contribution >= 4 is 22.8 Å². The normalized spacial score (nSPS) is 12.8. The van der Waals surface area contributed by atoms with Crippen LogP contribution in [0.1, 0.15) is 48.3 Å². The van der Waals surface area contributed by atoms with E-state index in [0.29, 0.717) is 5.69 Å². The highest BCUT2D eigenvalue weighted by Crippen LogP contribution is 2.44. The van der Waals surface area contributed by atoms with Gasteiger partial charge in [-0.05, 0) is 54.3 Å². The summed E-state index contributed by atoms with van der Waals surface area (Å²) >= 11 is 0. The van der Waals surface area contributed by atoms with Crippen molar-refractivity contribution in [1.82, 2.24) is 4.57 Å². The van der Waals surface area contributed by atoms with Crippen LogP contribution in [-0.2, 0) is 4.79 Å². The number of hydrogen-bond acceptors (Lipinski definition) is 3. The molecule has 5 nitrogen and oxygen atoms in total. The van der Waals surface area contributed by atoms with E-state index in [9.17, 15) is 19.1 Å². The lowest BCUT2D eigenvalue weighted by atomic mass is 9.75. The summed E-state index contributed by atoms with van der Waals surface area (Å²) in [7, 11) is 1.32. The van der Waals surface area contributed by atoms with E-state index in [4.69, 9.17) is 4.74 Å². The number of aliphatic carboxylic acids is 1. The Morgan fingerprint density at radius 3 is 2.17 bits per heavy atom. The number of hydrogen-bond donors (Lipinski definition) is 1. The number of aromatic nitrogens is 1. The summed E-state index contributed by atoms with van der Waals surface area (Å²) in [4.78, 5) is 25.5. The van der Waals surface area contributed by atoms with Crippen LogP contribution in [-0.4, -0.2) is 28.7 Å². The van der Waals surface area contributed by atoms with Gasteiger partial charge in [-0.25, -0.2) is 8.78 Å². The van der Waals surface area contributed by atoms with Gasteiger partial charge in [0.25, 0.3) is 5.91 Å². The van der Waals surface area contributed by atoms with Crippen molar-refractivity contribution in [3.05, 3.63) is 64.9 Å². The first-order valence-corrected chi connectivity index (χ1v) is 9.39. The molecule has 0 saturated heterocycles. The predicted molar refractivity (Wildman–Crippen MR) is 109 cm³/mol. The Balaban J connectivity index is 2.42. The standard InChI is InChI=1S/C23H23F2NO4/c1-12-17(19(22(28)29)23(2,3)4)18-15(10-11-16(30-5)20(18)25)26(12)21(27)13-6-8-14(24)9-7-13/h6-11,19H,1-5H3,(H,28,29). The maximum atomic E-state index is 15.4. The van der Waals surface area contributed by atoms with Gasteiger partial charge in [-0.3, -0.25) is 14.2 Å². The zero-order valence-electron chi connectivity index (χ0n) is 17.4. The van der Waals surface area contributed by atoms with Gasteiger partial charge in [-0.2, -0.15) is 0 Å². The van der Waals surface area contributed by atoms with E-state index in [1.807, 2.05) is 0 Å². The molecule has 0 aliphatic carbocycles. The number of rotatable bonds is 4. The van der Waals surface area contributed by atoms with Crippen LogP contribution in [0.15, 0.2) is 36.4 Å². The van der Waals surface area contributed by atoms with Gasteiger partial charge in [0.05, 0.1) is 18.5 Å². The number of nitrogens with zero attached hydrogens (tertiary/aromatic N) is 1. The third-order valence-electron chi connectivity index (χ3n) is 5.24. The first-order valence-electron chi connectivity index (χ1n) is 9.39. The van der Waals surface area contributed by atoms with Crippen LogP contribution in [0.25, 0.3) is 10.9 Å². The third-order valence-corrected chi connectivity index (χ3v) is 5.24. The van der Waals surface area contributed by atoms with E-state index in [0.717, 1.165) is 12.1 Å². The molecule has 1 N–H and O–H groups in total. The maximum absolute atomic E-state index is 15.4. The van der Waals surface area contributed by atoms with E-state index in [2.05, 4.69) is 0 Å². The monoisotopic (exact) mass is 415 g/mol. The molecule has 1 unspecified atom stereocenters. The summed E-state index contributed by atoms with van der Waals surface area (Å²) in [5, 5.41) is 10.0. The zero-order chi connectivity index (χ0) is 22.4. The number of ether oxygens (including phenoxy) is 1. The quantitative estimate of drug-likeness (QED) is 0.641. The van der Waals surface area contributed by atoms with Gasteiger partial charge in [-0.1, -0.05) is 20.8 Å². The zero-order valence-corrected chi connectivity index (χ0v) is 17.4. The van der Waals surface area contributed by atoms with Gasteiger partial charge in [0.15, 0.2) is 11.6 Å². The molecule has 30 heavy (non-hydrogen) atoms. The summed E-state index contributed by atoms with van der Waals surface area (Å²) in [5.41, 5.74) is 0.197. The summed E-state index contributed by atoms with van der Waals surface area (Å²) < 4.78 is 35.0. The molecule has 1 heterocycles. The summed E-state index contributed by atoms with van der Waals surface area (Å²) in [5.74, 6) is -3.98. The highest BCUT2D eigenvalue weighted by Gasteiger charge is 2.38. The first-order chi connectivity index (χ1) is 14.0. The molecule has 0 aliphatic heterocycles. The van der Waals surface area contributed by atoms with Gasteiger partial charge < -0.3 is 9.84 Å². The maximum Gasteiger partial charge on any atom is 0.311 e. The van der Waals surface area contributed by atoms with Gasteiger partial charge in [0.1, 0.15) is 5.82 Å². The average molecular weight is 415 g/mol. The van der Waals surface area contributed by atoms with Gasteiger partial charge in [-0.15, -0.1) is 0 Å². The van der Waals surface area contributed by atoms with Crippen LogP contribution >= 0.6 is 0 Å². The molecule has 2 aromatic carbocycles. The fourth-order valence-electron chi connectivity index (χ4n) is 3.89. The lowest BCUT2D eigenvalue weighted by Gasteiger charge is -2.28. The SMILES string of the molecule is COc1ccc2c(c1F)c(C(C(=O)O)C(C)(C)C)c(C)n2C(=O)c1ccc(F)cc1. The largest absolute Gasteiger partial charge is 0.494 e. The van der Waals surface area contributed by atoms with E-state index in [1.54, 1.807) is 27.7 Å². The molecular weight excluding hydrogens is 392 g/mol. The van der Waals surface area contributed by atoms with Crippen LogP contribution < -0.4 is 4.74 Å². The molecule has 0 fully saturated rings. The summed E-state index contributed by atoms with van der Waals surface area (Å²) in [6, 6.07) is 7.91. The molecule has 0 amide bonds. The predicted octanol–water partition coefficient (Wildman–Crippen LogP) is 5.14. The first kappa shape index (κ1) is 21.5. The number of fused-ring (bicyclic) bond motifs is 1. The van der Waals surface area contributed by atoms with Crippen LogP contribution in [0.2, 0.25) is 0 Å². The van der Waals surface area contributed by atoms with Gasteiger partial charge in [0, 0.05) is 16.6 Å². The number of carboxylic acids is 1. The fraction of sp³-hybridized carbons (Fsp3) is 0.304. The Morgan fingerprint density at radius 1 is 1.07 bits per heavy atom. The van der Waals surface area contributed by atoms with E-state index < -0.39 is 34.8 Å². The minimum Gasteiger partial charge on any atom is -0.494 e. The van der Waals surface area contributed by atoms with Crippen LogP contribution in [0.5, 0.6) is 5.75 Å². The second kappa shape index (κ2) is 7.55. The topological polar surface area (TPSA) is 68.5 Å². The Bertz CT molecular complexity index is 1140. The molecule has 0 aliphatic rings. The van der Waals surface area contributed by atoms with Crippen molar-refractivity contribution in [1.29, 1.82) is 0 Å². The number of benzene rings is 2. The van der Waals surface area contributed by atoms with Crippen molar-refractivity contribution in [2.45, 2.75) is 33.6 Å². The lowest BCUT2D eigenvalue weighted by molar-refractivity contribution is -0.141. The Kier molecular flexibility index (Phi) is 5.41. The van der Waals surface area contributed by atoms with Crippen molar-refractivity contribution in [3.8, 4) is 5.75 Å². The van der Waals surface area contributed by atoms with Crippen LogP contribution in [0, 0.1) is 24.0 Å². The molecule has 1 atom stereocenters. The average Bonchev–Trinajstić information content (AvgIpc) is 2.93. The fourth-order valence-corrected chi connectivity index (χ4v) is 3.89. The molecule has 1 aromatic heterocycles. The Morgan fingerprint density at radius 2 is 1.67 bits per heavy atom.